The van der Waals surface area contributed by atoms with Crippen LogP contribution in [-0.2, 0) is 14.9 Å². The van der Waals surface area contributed by atoms with Gasteiger partial charge in [0.2, 0.25) is 0 Å². The molecule has 4 nitrogen and oxygen atoms in total. The van der Waals surface area contributed by atoms with Gasteiger partial charge in [-0.3, -0.25) is 0 Å². The Kier molecular flexibility index (Phi) is 5.97. The molecule has 0 spiro atoms. The zero-order chi connectivity index (χ0) is 8.32. The van der Waals surface area contributed by atoms with Gasteiger partial charge < -0.3 is 9.29 Å². The average molecular weight is 202 g/mol. The van der Waals surface area contributed by atoms with E-state index < -0.39 is 10.1 Å². The van der Waals surface area contributed by atoms with Gasteiger partial charge in [0.15, 0.2) is 0 Å². The Labute approximate surface area is 94.7 Å². The summed E-state index contributed by atoms with van der Waals surface area (Å²) >= 11 is 0. The molecule has 0 amide bonds. The first-order chi connectivity index (χ1) is 5.08. The number of ether oxygens (including phenoxy) is 1. The molecule has 0 radical (unpaired) electrons. The molecule has 0 saturated carbocycles. The minimum absolute atomic E-state index is 0. The summed E-state index contributed by atoms with van der Waals surface area (Å²) in [5.41, 5.74) is 0. The second-order valence-corrected chi connectivity index (χ2v) is 4.23. The molecular formula is C6H11NaO4S. The van der Waals surface area contributed by atoms with Gasteiger partial charge in [-0.15, -0.1) is 0 Å². The summed E-state index contributed by atoms with van der Waals surface area (Å²) in [6.45, 7) is 1.17. The van der Waals surface area contributed by atoms with Crippen LogP contribution in [0.15, 0.2) is 0 Å². The smallest absolute Gasteiger partial charge is 0.748 e. The predicted molar refractivity (Wildman–Crippen MR) is 38.1 cm³/mol. The van der Waals surface area contributed by atoms with E-state index in [0.717, 1.165) is 0 Å². The average Bonchev–Trinajstić information content (AvgIpc) is 1.85. The van der Waals surface area contributed by atoms with E-state index in [9.17, 15) is 13.0 Å². The molecule has 6 heteroatoms. The largest absolute Gasteiger partial charge is 1.00 e. The van der Waals surface area contributed by atoms with Crippen molar-refractivity contribution in [1.29, 1.82) is 0 Å². The molecule has 1 saturated heterocycles. The number of rotatable bonds is 2. The van der Waals surface area contributed by atoms with Gasteiger partial charge in [0.25, 0.3) is 0 Å². The maximum absolute atomic E-state index is 10.3. The van der Waals surface area contributed by atoms with Crippen LogP contribution >= 0.6 is 0 Å². The van der Waals surface area contributed by atoms with Gasteiger partial charge in [-0.05, 0) is 18.8 Å². The predicted octanol–water partition coefficient (Wildman–Crippen LogP) is -3.04. The molecule has 12 heavy (non-hydrogen) atoms. The van der Waals surface area contributed by atoms with Crippen molar-refractivity contribution in [3.05, 3.63) is 0 Å². The van der Waals surface area contributed by atoms with Crippen molar-refractivity contribution in [1.82, 2.24) is 0 Å². The molecule has 0 N–H and O–H groups in total. The van der Waals surface area contributed by atoms with Crippen LogP contribution in [0.5, 0.6) is 0 Å². The monoisotopic (exact) mass is 202 g/mol. The van der Waals surface area contributed by atoms with Crippen LogP contribution in [0, 0.1) is 5.92 Å². The zero-order valence-electron chi connectivity index (χ0n) is 7.15. The molecule has 0 atom stereocenters. The molecule has 0 aromatic carbocycles. The van der Waals surface area contributed by atoms with Crippen LogP contribution in [0.25, 0.3) is 0 Å². The van der Waals surface area contributed by atoms with Crippen molar-refractivity contribution in [3.63, 3.8) is 0 Å². The Morgan fingerprint density at radius 1 is 1.33 bits per heavy atom. The van der Waals surface area contributed by atoms with Gasteiger partial charge in [-0.25, -0.2) is 8.42 Å². The van der Waals surface area contributed by atoms with Gasteiger partial charge in [0.1, 0.15) is 0 Å². The first kappa shape index (κ1) is 12.9. The van der Waals surface area contributed by atoms with Crippen LogP contribution in [0.3, 0.4) is 0 Å². The molecule has 1 heterocycles. The SMILES string of the molecule is O=S(=O)([O-])CC1CCOCC1.[Na+]. The number of hydrogen-bond acceptors (Lipinski definition) is 4. The fraction of sp³-hybridized carbons (Fsp3) is 1.00. The Hall–Kier alpha value is 0.870. The molecule has 0 aromatic heterocycles. The van der Waals surface area contributed by atoms with E-state index in [0.29, 0.717) is 26.1 Å². The van der Waals surface area contributed by atoms with E-state index >= 15 is 0 Å². The summed E-state index contributed by atoms with van der Waals surface area (Å²) in [7, 11) is -4.03. The molecule has 0 aromatic rings. The normalized spacial score (nSPS) is 20.1. The minimum atomic E-state index is -4.03. The summed E-state index contributed by atoms with van der Waals surface area (Å²) in [6.07, 6.45) is 1.39. The van der Waals surface area contributed by atoms with E-state index in [4.69, 9.17) is 4.74 Å². The van der Waals surface area contributed by atoms with Gasteiger partial charge in [-0.2, -0.15) is 0 Å². The van der Waals surface area contributed by atoms with Crippen LogP contribution < -0.4 is 29.6 Å². The summed E-state index contributed by atoms with van der Waals surface area (Å²) in [5, 5.41) is 0. The molecular weight excluding hydrogens is 191 g/mol. The Morgan fingerprint density at radius 3 is 2.25 bits per heavy atom. The Bertz CT molecular complexity index is 208. The molecule has 1 fully saturated rings. The van der Waals surface area contributed by atoms with E-state index in [1.165, 1.54) is 0 Å². The third-order valence-electron chi connectivity index (χ3n) is 1.78. The third kappa shape index (κ3) is 5.50. The second kappa shape index (κ2) is 5.57. The van der Waals surface area contributed by atoms with Gasteiger partial charge >= 0.3 is 29.6 Å². The van der Waals surface area contributed by atoms with E-state index in [1.54, 1.807) is 0 Å². The maximum atomic E-state index is 10.3. The standard InChI is InChI=1S/C6H12O4S.Na/c7-11(8,9)5-6-1-3-10-4-2-6;/h6H,1-5H2,(H,7,8,9);/q;+1/p-1. The third-order valence-corrected chi connectivity index (χ3v) is 2.66. The van der Waals surface area contributed by atoms with Crippen molar-refractivity contribution >= 4 is 10.1 Å². The number of hydrogen-bond donors (Lipinski definition) is 0. The van der Waals surface area contributed by atoms with Crippen molar-refractivity contribution in [2.75, 3.05) is 19.0 Å². The van der Waals surface area contributed by atoms with Crippen LogP contribution in [-0.4, -0.2) is 31.9 Å². The molecule has 0 aliphatic carbocycles. The first-order valence-electron chi connectivity index (χ1n) is 3.59. The molecule has 0 unspecified atom stereocenters. The molecule has 0 bridgehead atoms. The molecule has 1 aliphatic rings. The quantitative estimate of drug-likeness (QED) is 0.353. The van der Waals surface area contributed by atoms with Crippen molar-refractivity contribution in [2.24, 2.45) is 5.92 Å². The zero-order valence-corrected chi connectivity index (χ0v) is 9.97. The maximum Gasteiger partial charge on any atom is 1.00 e. The van der Waals surface area contributed by atoms with Gasteiger partial charge in [-0.1, -0.05) is 0 Å². The summed E-state index contributed by atoms with van der Waals surface area (Å²) in [6, 6.07) is 0. The van der Waals surface area contributed by atoms with Crippen LogP contribution in [0.4, 0.5) is 0 Å². The fourth-order valence-electron chi connectivity index (χ4n) is 1.20. The van der Waals surface area contributed by atoms with Crippen LogP contribution in [0.2, 0.25) is 0 Å². The summed E-state index contributed by atoms with van der Waals surface area (Å²) < 4.78 is 35.9. The van der Waals surface area contributed by atoms with E-state index in [1.807, 2.05) is 0 Å². The van der Waals surface area contributed by atoms with E-state index in [-0.39, 0.29) is 41.2 Å². The topological polar surface area (TPSA) is 66.4 Å². The van der Waals surface area contributed by atoms with Crippen LogP contribution in [0.1, 0.15) is 12.8 Å². The van der Waals surface area contributed by atoms with Crippen molar-refractivity contribution in [2.45, 2.75) is 12.8 Å². The second-order valence-electron chi connectivity index (χ2n) is 2.78. The first-order valence-corrected chi connectivity index (χ1v) is 5.17. The summed E-state index contributed by atoms with van der Waals surface area (Å²) in [5.74, 6) is -0.206. The van der Waals surface area contributed by atoms with Gasteiger partial charge in [0.05, 0.1) is 10.1 Å². The fourth-order valence-corrected chi connectivity index (χ4v) is 2.11. The Balaban J connectivity index is 0.00000121. The Morgan fingerprint density at radius 2 is 1.83 bits per heavy atom. The molecule has 1 rings (SSSR count). The minimum Gasteiger partial charge on any atom is -0.748 e. The molecule has 1 aliphatic heterocycles. The summed E-state index contributed by atoms with van der Waals surface area (Å²) in [4.78, 5) is 0. The van der Waals surface area contributed by atoms with Crippen molar-refractivity contribution < 1.29 is 47.3 Å². The molecule has 66 valence electrons. The van der Waals surface area contributed by atoms with Gasteiger partial charge in [0, 0.05) is 19.0 Å². The van der Waals surface area contributed by atoms with Crippen molar-refractivity contribution in [3.8, 4) is 0 Å². The van der Waals surface area contributed by atoms with E-state index in [2.05, 4.69) is 0 Å².